The zero-order chi connectivity index (χ0) is 11.6. The van der Waals surface area contributed by atoms with E-state index in [1.807, 2.05) is 0 Å². The smallest absolute Gasteiger partial charge is 0.400 e. The molecular formula is C7H3ClF3N3O. The second-order valence-electron chi connectivity index (χ2n) is 2.38. The van der Waals surface area contributed by atoms with Gasteiger partial charge in [0.2, 0.25) is 0 Å². The van der Waals surface area contributed by atoms with Gasteiger partial charge < -0.3 is 10.5 Å². The van der Waals surface area contributed by atoms with Gasteiger partial charge in [0, 0.05) is 6.07 Å². The lowest BCUT2D eigenvalue weighted by atomic mass is 10.3. The van der Waals surface area contributed by atoms with Crippen molar-refractivity contribution < 1.29 is 17.9 Å². The van der Waals surface area contributed by atoms with E-state index in [0.717, 1.165) is 6.07 Å². The van der Waals surface area contributed by atoms with Crippen LogP contribution in [0.1, 0.15) is 5.69 Å². The molecule has 0 atom stereocenters. The summed E-state index contributed by atoms with van der Waals surface area (Å²) in [6, 6.07) is 2.52. The number of nitriles is 1. The summed E-state index contributed by atoms with van der Waals surface area (Å²) < 4.78 is 39.1. The van der Waals surface area contributed by atoms with Crippen molar-refractivity contribution in [1.82, 2.24) is 4.98 Å². The lowest BCUT2D eigenvalue weighted by molar-refractivity contribution is -0.274. The topological polar surface area (TPSA) is 71.9 Å². The summed E-state index contributed by atoms with van der Waals surface area (Å²) in [5.41, 5.74) is 4.62. The number of pyridine rings is 1. The highest BCUT2D eigenvalue weighted by Crippen LogP contribution is 2.34. The standard InChI is InChI=1S/C7H3ClF3N3O/c8-6-5(15-7(9,10)11)4(13)1-3(2-12)14-6/h1H,(H2,13,14). The van der Waals surface area contributed by atoms with E-state index >= 15 is 0 Å². The van der Waals surface area contributed by atoms with Gasteiger partial charge in [0.1, 0.15) is 11.8 Å². The van der Waals surface area contributed by atoms with Gasteiger partial charge in [0.05, 0.1) is 5.69 Å². The van der Waals surface area contributed by atoms with Crippen molar-refractivity contribution in [2.24, 2.45) is 0 Å². The Kier molecular flexibility index (Phi) is 2.90. The molecule has 0 saturated heterocycles. The summed E-state index contributed by atoms with van der Waals surface area (Å²) in [6.45, 7) is 0. The molecule has 15 heavy (non-hydrogen) atoms. The van der Waals surface area contributed by atoms with Gasteiger partial charge in [-0.25, -0.2) is 4.98 Å². The highest BCUT2D eigenvalue weighted by atomic mass is 35.5. The van der Waals surface area contributed by atoms with Gasteiger partial charge >= 0.3 is 6.36 Å². The van der Waals surface area contributed by atoms with Crippen LogP contribution in [0.3, 0.4) is 0 Å². The van der Waals surface area contributed by atoms with Crippen molar-refractivity contribution in [3.63, 3.8) is 0 Å². The fourth-order valence-electron chi connectivity index (χ4n) is 0.795. The van der Waals surface area contributed by atoms with Gasteiger partial charge in [-0.15, -0.1) is 13.2 Å². The maximum absolute atomic E-state index is 11.9. The first kappa shape index (κ1) is 11.4. The molecule has 0 unspecified atom stereocenters. The monoisotopic (exact) mass is 237 g/mol. The van der Waals surface area contributed by atoms with Crippen LogP contribution in [0, 0.1) is 11.3 Å². The minimum Gasteiger partial charge on any atom is -0.400 e. The molecular weight excluding hydrogens is 235 g/mol. The molecule has 1 aromatic heterocycles. The highest BCUT2D eigenvalue weighted by Gasteiger charge is 2.33. The van der Waals surface area contributed by atoms with Crippen LogP contribution in [0.15, 0.2) is 6.07 Å². The number of rotatable bonds is 1. The molecule has 0 fully saturated rings. The zero-order valence-electron chi connectivity index (χ0n) is 6.97. The van der Waals surface area contributed by atoms with E-state index in [1.54, 1.807) is 6.07 Å². The fourth-order valence-corrected chi connectivity index (χ4v) is 1.03. The Labute approximate surface area is 87.0 Å². The van der Waals surface area contributed by atoms with Crippen molar-refractivity contribution >= 4 is 17.3 Å². The Morgan fingerprint density at radius 1 is 1.53 bits per heavy atom. The van der Waals surface area contributed by atoms with E-state index in [4.69, 9.17) is 22.6 Å². The first-order valence-electron chi connectivity index (χ1n) is 3.45. The average molecular weight is 238 g/mol. The normalized spacial score (nSPS) is 10.9. The predicted octanol–water partition coefficient (Wildman–Crippen LogP) is 2.09. The summed E-state index contributed by atoms with van der Waals surface area (Å²) in [5.74, 6) is -0.803. The Bertz CT molecular complexity index is 403. The molecule has 0 bridgehead atoms. The fraction of sp³-hybridized carbons (Fsp3) is 0.143. The first-order chi connectivity index (χ1) is 6.83. The van der Waals surface area contributed by atoms with Gasteiger partial charge in [-0.05, 0) is 0 Å². The summed E-state index contributed by atoms with van der Waals surface area (Å²) in [4.78, 5) is 3.34. The molecule has 0 aliphatic rings. The van der Waals surface area contributed by atoms with Crippen LogP contribution in [0.4, 0.5) is 18.9 Å². The van der Waals surface area contributed by atoms with E-state index < -0.39 is 23.0 Å². The van der Waals surface area contributed by atoms with Crippen LogP contribution in [-0.2, 0) is 0 Å². The third-order valence-corrected chi connectivity index (χ3v) is 1.55. The molecule has 0 amide bonds. The maximum Gasteiger partial charge on any atom is 0.573 e. The van der Waals surface area contributed by atoms with Gasteiger partial charge in [-0.1, -0.05) is 11.6 Å². The Morgan fingerprint density at radius 2 is 2.13 bits per heavy atom. The summed E-state index contributed by atoms with van der Waals surface area (Å²) in [6.07, 6.45) is -4.91. The van der Waals surface area contributed by atoms with Crippen molar-refractivity contribution in [2.45, 2.75) is 6.36 Å². The number of aromatic nitrogens is 1. The van der Waals surface area contributed by atoms with E-state index in [1.165, 1.54) is 0 Å². The Morgan fingerprint density at radius 3 is 2.53 bits per heavy atom. The molecule has 1 heterocycles. The van der Waals surface area contributed by atoms with Gasteiger partial charge in [-0.3, -0.25) is 0 Å². The molecule has 0 aromatic carbocycles. The molecule has 4 nitrogen and oxygen atoms in total. The number of nitrogens with zero attached hydrogens (tertiary/aromatic N) is 2. The van der Waals surface area contributed by atoms with Crippen molar-refractivity contribution in [1.29, 1.82) is 5.26 Å². The molecule has 8 heteroatoms. The molecule has 0 saturated carbocycles. The molecule has 80 valence electrons. The van der Waals surface area contributed by atoms with Crippen LogP contribution >= 0.6 is 11.6 Å². The summed E-state index contributed by atoms with van der Waals surface area (Å²) in [5, 5.41) is 7.81. The number of hydrogen-bond acceptors (Lipinski definition) is 4. The van der Waals surface area contributed by atoms with Gasteiger partial charge in [-0.2, -0.15) is 5.26 Å². The van der Waals surface area contributed by atoms with E-state index in [0.29, 0.717) is 0 Å². The second-order valence-corrected chi connectivity index (χ2v) is 2.73. The van der Waals surface area contributed by atoms with Crippen LogP contribution < -0.4 is 10.5 Å². The molecule has 1 aromatic rings. The second kappa shape index (κ2) is 3.82. The lowest BCUT2D eigenvalue weighted by Gasteiger charge is -2.11. The zero-order valence-corrected chi connectivity index (χ0v) is 7.73. The first-order valence-corrected chi connectivity index (χ1v) is 3.83. The van der Waals surface area contributed by atoms with E-state index in [9.17, 15) is 13.2 Å². The number of ether oxygens (including phenoxy) is 1. The molecule has 1 rings (SSSR count). The summed E-state index contributed by atoms with van der Waals surface area (Å²) in [7, 11) is 0. The van der Waals surface area contributed by atoms with Crippen LogP contribution in [0.5, 0.6) is 5.75 Å². The molecule has 0 aliphatic heterocycles. The van der Waals surface area contributed by atoms with Crippen molar-refractivity contribution in [3.05, 3.63) is 16.9 Å². The Balaban J connectivity index is 3.16. The average Bonchev–Trinajstić information content (AvgIpc) is 2.09. The van der Waals surface area contributed by atoms with Crippen LogP contribution in [0.2, 0.25) is 5.15 Å². The number of nitrogen functional groups attached to an aromatic ring is 1. The van der Waals surface area contributed by atoms with E-state index in [-0.39, 0.29) is 5.69 Å². The van der Waals surface area contributed by atoms with Crippen LogP contribution in [-0.4, -0.2) is 11.3 Å². The highest BCUT2D eigenvalue weighted by molar-refractivity contribution is 6.31. The van der Waals surface area contributed by atoms with Gasteiger partial charge in [0.25, 0.3) is 0 Å². The Hall–Kier alpha value is -1.68. The molecule has 0 spiro atoms. The number of nitrogens with two attached hydrogens (primary N) is 1. The molecule has 2 N–H and O–H groups in total. The van der Waals surface area contributed by atoms with Crippen molar-refractivity contribution in [2.75, 3.05) is 5.73 Å². The quantitative estimate of drug-likeness (QED) is 0.759. The van der Waals surface area contributed by atoms with E-state index in [2.05, 4.69) is 9.72 Å². The summed E-state index contributed by atoms with van der Waals surface area (Å²) >= 11 is 5.35. The third kappa shape index (κ3) is 2.89. The number of halogens is 4. The predicted molar refractivity (Wildman–Crippen MR) is 45.1 cm³/mol. The van der Waals surface area contributed by atoms with Crippen molar-refractivity contribution in [3.8, 4) is 11.8 Å². The molecule has 0 radical (unpaired) electrons. The largest absolute Gasteiger partial charge is 0.573 e. The lowest BCUT2D eigenvalue weighted by Crippen LogP contribution is -2.18. The SMILES string of the molecule is N#Cc1cc(N)c(OC(F)(F)F)c(Cl)n1. The van der Waals surface area contributed by atoms with Crippen LogP contribution in [0.25, 0.3) is 0 Å². The maximum atomic E-state index is 11.9. The number of hydrogen-bond donors (Lipinski definition) is 1. The minimum atomic E-state index is -4.91. The van der Waals surface area contributed by atoms with Gasteiger partial charge in [0.15, 0.2) is 10.9 Å². The third-order valence-electron chi connectivity index (χ3n) is 1.29. The number of alkyl halides is 3. The number of anilines is 1. The minimum absolute atomic E-state index is 0.188. The molecule has 0 aliphatic carbocycles.